The number of hydrogen-bond acceptors (Lipinski definition) is 4. The van der Waals surface area contributed by atoms with Crippen molar-refractivity contribution in [1.29, 1.82) is 0 Å². The number of benzene rings is 3. The molecule has 0 aliphatic heterocycles. The molecule has 0 saturated carbocycles. The molecule has 0 spiro atoms. The Morgan fingerprint density at radius 3 is 2.31 bits per heavy atom. The van der Waals surface area contributed by atoms with Crippen molar-refractivity contribution in [1.82, 2.24) is 0 Å². The van der Waals surface area contributed by atoms with E-state index in [-0.39, 0.29) is 34.9 Å². The summed E-state index contributed by atoms with van der Waals surface area (Å²) in [5.41, 5.74) is 0.814. The van der Waals surface area contributed by atoms with Crippen molar-refractivity contribution in [3.05, 3.63) is 83.7 Å². The van der Waals surface area contributed by atoms with Crippen molar-refractivity contribution in [3.63, 3.8) is 0 Å². The number of amides is 1. The lowest BCUT2D eigenvalue weighted by atomic mass is 10.1. The maximum absolute atomic E-state index is 13.3. The summed E-state index contributed by atoms with van der Waals surface area (Å²) >= 11 is 0. The van der Waals surface area contributed by atoms with Crippen LogP contribution in [0.1, 0.15) is 12.0 Å². The van der Waals surface area contributed by atoms with Gasteiger partial charge in [-0.25, -0.2) is 21.6 Å². The van der Waals surface area contributed by atoms with Crippen LogP contribution in [0.25, 0.3) is 0 Å². The number of hydrogen-bond donors (Lipinski definition) is 2. The molecule has 10 heteroatoms. The number of nitrogens with one attached hydrogen (secondary N) is 2. The van der Waals surface area contributed by atoms with Crippen LogP contribution in [0.3, 0.4) is 0 Å². The number of anilines is 2. The van der Waals surface area contributed by atoms with E-state index in [2.05, 4.69) is 10.0 Å². The van der Waals surface area contributed by atoms with Crippen molar-refractivity contribution in [2.24, 2.45) is 0 Å². The van der Waals surface area contributed by atoms with E-state index in [1.54, 1.807) is 0 Å². The van der Waals surface area contributed by atoms with Crippen LogP contribution >= 0.6 is 0 Å². The zero-order valence-corrected chi connectivity index (χ0v) is 17.7. The van der Waals surface area contributed by atoms with E-state index in [0.717, 1.165) is 36.4 Å². The predicted molar refractivity (Wildman–Crippen MR) is 114 cm³/mol. The van der Waals surface area contributed by atoms with Gasteiger partial charge < -0.3 is 10.1 Å². The Hall–Kier alpha value is -3.53. The molecule has 3 aromatic carbocycles. The van der Waals surface area contributed by atoms with Crippen molar-refractivity contribution < 1.29 is 31.1 Å². The normalized spacial score (nSPS) is 11.1. The highest BCUT2D eigenvalue weighted by molar-refractivity contribution is 7.92. The first-order chi connectivity index (χ1) is 15.2. The first kappa shape index (κ1) is 23.1. The second-order valence-corrected chi connectivity index (χ2v) is 8.45. The fourth-order valence-corrected chi connectivity index (χ4v) is 3.92. The zero-order chi connectivity index (χ0) is 23.3. The van der Waals surface area contributed by atoms with E-state index >= 15 is 0 Å². The standard InChI is InChI=1S/C22H19F3N2O4S/c1-31-21-10-6-16(26-22(28)11-3-14-2-9-18(24)19(25)12-14)13-20(21)27-32(29,30)17-7-4-15(23)5-8-17/h2,4-10,12-13,27H,3,11H2,1H3,(H,26,28). The quantitative estimate of drug-likeness (QED) is 0.515. The first-order valence-corrected chi connectivity index (χ1v) is 10.9. The number of halogens is 3. The lowest BCUT2D eigenvalue weighted by Crippen LogP contribution is -2.15. The topological polar surface area (TPSA) is 84.5 Å². The largest absolute Gasteiger partial charge is 0.495 e. The summed E-state index contributed by atoms with van der Waals surface area (Å²) in [7, 11) is -2.69. The smallest absolute Gasteiger partial charge is 0.262 e. The van der Waals surface area contributed by atoms with E-state index in [1.807, 2.05) is 0 Å². The summed E-state index contributed by atoms with van der Waals surface area (Å²) in [4.78, 5) is 12.1. The molecule has 2 N–H and O–H groups in total. The van der Waals surface area contributed by atoms with Gasteiger partial charge in [-0.1, -0.05) is 6.07 Å². The molecule has 0 aliphatic carbocycles. The summed E-state index contributed by atoms with van der Waals surface area (Å²) < 4.78 is 72.1. The van der Waals surface area contributed by atoms with Gasteiger partial charge in [0.1, 0.15) is 11.6 Å². The van der Waals surface area contributed by atoms with Crippen LogP contribution in [0, 0.1) is 17.5 Å². The van der Waals surface area contributed by atoms with Gasteiger partial charge in [-0.05, 0) is 66.6 Å². The first-order valence-electron chi connectivity index (χ1n) is 9.38. The Kier molecular flexibility index (Phi) is 7.04. The van der Waals surface area contributed by atoms with Crippen LogP contribution in [-0.4, -0.2) is 21.4 Å². The molecule has 0 fully saturated rings. The van der Waals surface area contributed by atoms with Gasteiger partial charge >= 0.3 is 0 Å². The number of methoxy groups -OCH3 is 1. The van der Waals surface area contributed by atoms with Gasteiger partial charge in [0.25, 0.3) is 10.0 Å². The molecule has 0 aromatic heterocycles. The number of aryl methyl sites for hydroxylation is 1. The van der Waals surface area contributed by atoms with Crippen LogP contribution in [0.2, 0.25) is 0 Å². The van der Waals surface area contributed by atoms with E-state index in [0.29, 0.717) is 5.56 Å². The third kappa shape index (κ3) is 5.79. The minimum Gasteiger partial charge on any atom is -0.495 e. The molecule has 0 bridgehead atoms. The van der Waals surface area contributed by atoms with Gasteiger partial charge in [0.2, 0.25) is 5.91 Å². The van der Waals surface area contributed by atoms with Gasteiger partial charge in [-0.3, -0.25) is 9.52 Å². The maximum atomic E-state index is 13.3. The number of rotatable bonds is 8. The fraction of sp³-hybridized carbons (Fsp3) is 0.136. The maximum Gasteiger partial charge on any atom is 0.262 e. The average Bonchev–Trinajstić information content (AvgIpc) is 2.75. The molecule has 6 nitrogen and oxygen atoms in total. The number of ether oxygens (including phenoxy) is 1. The third-order valence-corrected chi connectivity index (χ3v) is 5.86. The molecule has 0 atom stereocenters. The van der Waals surface area contributed by atoms with Crippen molar-refractivity contribution in [3.8, 4) is 5.75 Å². The third-order valence-electron chi connectivity index (χ3n) is 4.48. The Morgan fingerprint density at radius 2 is 1.66 bits per heavy atom. The highest BCUT2D eigenvalue weighted by atomic mass is 32.2. The van der Waals surface area contributed by atoms with Crippen molar-refractivity contribution in [2.75, 3.05) is 17.1 Å². The summed E-state index contributed by atoms with van der Waals surface area (Å²) in [5, 5.41) is 2.62. The van der Waals surface area contributed by atoms with E-state index in [1.165, 1.54) is 31.4 Å². The Balaban J connectivity index is 1.71. The molecule has 3 rings (SSSR count). The van der Waals surface area contributed by atoms with Gasteiger partial charge in [0, 0.05) is 12.1 Å². The van der Waals surface area contributed by atoms with E-state index in [4.69, 9.17) is 4.74 Å². The van der Waals surface area contributed by atoms with Gasteiger partial charge in [0.05, 0.1) is 17.7 Å². The summed E-state index contributed by atoms with van der Waals surface area (Å²) in [6.45, 7) is 0. The molecule has 0 heterocycles. The molecular weight excluding hydrogens is 445 g/mol. The Labute approximate surface area is 183 Å². The molecule has 0 radical (unpaired) electrons. The average molecular weight is 464 g/mol. The Bertz CT molecular complexity index is 1230. The minimum atomic E-state index is -4.04. The predicted octanol–water partition coefficient (Wildman–Crippen LogP) is 4.48. The van der Waals surface area contributed by atoms with Gasteiger partial charge in [0.15, 0.2) is 11.6 Å². The molecule has 0 saturated heterocycles. The molecule has 1 amide bonds. The van der Waals surface area contributed by atoms with Crippen molar-refractivity contribution in [2.45, 2.75) is 17.7 Å². The number of carbonyl (C=O) groups excluding carboxylic acids is 1. The van der Waals surface area contributed by atoms with Crippen LogP contribution in [0.15, 0.2) is 65.6 Å². The monoisotopic (exact) mass is 464 g/mol. The highest BCUT2D eigenvalue weighted by Gasteiger charge is 2.17. The van der Waals surface area contributed by atoms with Crippen LogP contribution in [0.5, 0.6) is 5.75 Å². The number of carbonyl (C=O) groups is 1. The summed E-state index contributed by atoms with van der Waals surface area (Å²) in [6, 6.07) is 12.0. The minimum absolute atomic E-state index is 0.00621. The zero-order valence-electron chi connectivity index (χ0n) is 16.9. The Morgan fingerprint density at radius 1 is 0.938 bits per heavy atom. The van der Waals surface area contributed by atoms with Gasteiger partial charge in [-0.15, -0.1) is 0 Å². The summed E-state index contributed by atoms with van der Waals surface area (Å²) in [5.74, 6) is -2.74. The molecule has 0 aliphatic rings. The SMILES string of the molecule is COc1ccc(NC(=O)CCc2ccc(F)c(F)c2)cc1NS(=O)(=O)c1ccc(F)cc1. The highest BCUT2D eigenvalue weighted by Crippen LogP contribution is 2.30. The van der Waals surface area contributed by atoms with Crippen LogP contribution in [0.4, 0.5) is 24.5 Å². The lowest BCUT2D eigenvalue weighted by molar-refractivity contribution is -0.116. The lowest BCUT2D eigenvalue weighted by Gasteiger charge is -2.14. The van der Waals surface area contributed by atoms with Crippen LogP contribution in [-0.2, 0) is 21.2 Å². The molecule has 0 unspecified atom stereocenters. The van der Waals surface area contributed by atoms with Crippen molar-refractivity contribution >= 4 is 27.3 Å². The summed E-state index contributed by atoms with van der Waals surface area (Å²) in [6.07, 6.45) is 0.178. The molecular formula is C22H19F3N2O4S. The fourth-order valence-electron chi connectivity index (χ4n) is 2.86. The van der Waals surface area contributed by atoms with E-state index < -0.39 is 33.4 Å². The molecule has 168 valence electrons. The molecule has 32 heavy (non-hydrogen) atoms. The van der Waals surface area contributed by atoms with Crippen LogP contribution < -0.4 is 14.8 Å². The molecule has 3 aromatic rings. The van der Waals surface area contributed by atoms with Gasteiger partial charge in [-0.2, -0.15) is 0 Å². The second-order valence-electron chi connectivity index (χ2n) is 6.77. The van der Waals surface area contributed by atoms with E-state index in [9.17, 15) is 26.4 Å². The second kappa shape index (κ2) is 9.73. The number of sulfonamides is 1.